The lowest BCUT2D eigenvalue weighted by Crippen LogP contribution is -2.47. The predicted octanol–water partition coefficient (Wildman–Crippen LogP) is 1.67. The van der Waals surface area contributed by atoms with E-state index in [2.05, 4.69) is 13.8 Å². The van der Waals surface area contributed by atoms with Gasteiger partial charge in [-0.2, -0.15) is 0 Å². The van der Waals surface area contributed by atoms with E-state index in [4.69, 9.17) is 18.9 Å². The molecule has 0 aromatic rings. The van der Waals surface area contributed by atoms with Gasteiger partial charge in [0.05, 0.1) is 12.6 Å². The van der Waals surface area contributed by atoms with E-state index in [1.54, 1.807) is 0 Å². The van der Waals surface area contributed by atoms with Crippen molar-refractivity contribution in [3.63, 3.8) is 0 Å². The molecule has 22 heavy (non-hydrogen) atoms. The first-order valence-corrected chi connectivity index (χ1v) is 8.49. The Hall–Kier alpha value is -0.585. The molecule has 1 heterocycles. The molecule has 1 fully saturated rings. The number of carbonyl (C=O) groups excluding carboxylic acids is 1. The summed E-state index contributed by atoms with van der Waals surface area (Å²) in [6, 6.07) is -0.199. The molecular formula is C16H31BO5. The molecule has 128 valence electrons. The lowest BCUT2D eigenvalue weighted by Gasteiger charge is -2.31. The summed E-state index contributed by atoms with van der Waals surface area (Å²) in [6.07, 6.45) is 3.49. The van der Waals surface area contributed by atoms with Crippen molar-refractivity contribution >= 4 is 13.8 Å². The monoisotopic (exact) mass is 314 g/mol. The molecule has 1 unspecified atom stereocenters. The highest BCUT2D eigenvalue weighted by Gasteiger charge is 2.53. The van der Waals surface area contributed by atoms with Crippen LogP contribution in [-0.4, -0.2) is 57.4 Å². The third kappa shape index (κ3) is 5.56. The SMILES string of the molecule is B[C@@H]1O[C@](C)(COCCCC)C(OCCCC)[C@@H]1OC(C)=O. The molecule has 0 saturated carbocycles. The second kappa shape index (κ2) is 9.53. The number of ether oxygens (including phenoxy) is 4. The fraction of sp³-hybridized carbons (Fsp3) is 0.938. The van der Waals surface area contributed by atoms with Crippen LogP contribution in [0.25, 0.3) is 0 Å². The maximum atomic E-state index is 11.4. The summed E-state index contributed by atoms with van der Waals surface area (Å²) in [4.78, 5) is 11.4. The van der Waals surface area contributed by atoms with Gasteiger partial charge in [0.15, 0.2) is 0 Å². The smallest absolute Gasteiger partial charge is 0.303 e. The molecule has 0 aliphatic carbocycles. The van der Waals surface area contributed by atoms with Gasteiger partial charge in [-0.3, -0.25) is 4.79 Å². The fourth-order valence-corrected chi connectivity index (χ4v) is 2.76. The molecular weight excluding hydrogens is 283 g/mol. The Morgan fingerprint density at radius 2 is 1.86 bits per heavy atom. The van der Waals surface area contributed by atoms with Crippen molar-refractivity contribution in [2.45, 2.75) is 77.2 Å². The first-order valence-electron chi connectivity index (χ1n) is 8.49. The highest BCUT2D eigenvalue weighted by molar-refractivity contribution is 6.11. The normalized spacial score (nSPS) is 31.4. The lowest BCUT2D eigenvalue weighted by molar-refractivity contribution is -0.156. The highest BCUT2D eigenvalue weighted by atomic mass is 16.6. The molecule has 0 aromatic carbocycles. The standard InChI is InChI=1S/C16H31BO5/c1-5-7-9-19-11-16(4)14(20-10-8-6-2)13(15(17)22-16)21-12(3)18/h13-15H,5-11,17H2,1-4H3/t13-,14?,15+,16+/m0/s1. The molecule has 0 radical (unpaired) electrons. The third-order valence-corrected chi connectivity index (χ3v) is 3.95. The third-order valence-electron chi connectivity index (χ3n) is 3.95. The number of hydrogen-bond donors (Lipinski definition) is 0. The van der Waals surface area contributed by atoms with E-state index in [0.29, 0.717) is 19.8 Å². The summed E-state index contributed by atoms with van der Waals surface area (Å²) in [5, 5.41) is 0. The Morgan fingerprint density at radius 1 is 1.23 bits per heavy atom. The molecule has 0 aromatic heterocycles. The van der Waals surface area contributed by atoms with Crippen LogP contribution in [0.4, 0.5) is 0 Å². The zero-order valence-corrected chi connectivity index (χ0v) is 14.7. The van der Waals surface area contributed by atoms with Gasteiger partial charge >= 0.3 is 5.97 Å². The predicted molar refractivity (Wildman–Crippen MR) is 87.8 cm³/mol. The largest absolute Gasteiger partial charge is 0.458 e. The molecule has 1 rings (SSSR count). The Kier molecular flexibility index (Phi) is 8.43. The fourth-order valence-electron chi connectivity index (χ4n) is 2.76. The van der Waals surface area contributed by atoms with Gasteiger partial charge in [0.2, 0.25) is 0 Å². The lowest BCUT2D eigenvalue weighted by atomic mass is 9.89. The minimum absolute atomic E-state index is 0.199. The topological polar surface area (TPSA) is 54.0 Å². The average molecular weight is 314 g/mol. The molecule has 0 bridgehead atoms. The first kappa shape index (κ1) is 19.5. The first-order chi connectivity index (χ1) is 10.4. The van der Waals surface area contributed by atoms with Gasteiger partial charge in [-0.25, -0.2) is 0 Å². The Balaban J connectivity index is 2.71. The van der Waals surface area contributed by atoms with E-state index < -0.39 is 5.60 Å². The zero-order chi connectivity index (χ0) is 16.6. The van der Waals surface area contributed by atoms with Gasteiger partial charge in [0.25, 0.3) is 0 Å². The summed E-state index contributed by atoms with van der Waals surface area (Å²) >= 11 is 0. The van der Waals surface area contributed by atoms with Gasteiger partial charge in [-0.05, 0) is 19.8 Å². The molecule has 1 aliphatic heterocycles. The maximum Gasteiger partial charge on any atom is 0.303 e. The molecule has 0 N–H and O–H groups in total. The van der Waals surface area contributed by atoms with Crippen LogP contribution in [-0.2, 0) is 23.7 Å². The Morgan fingerprint density at radius 3 is 2.45 bits per heavy atom. The van der Waals surface area contributed by atoms with Crippen LogP contribution in [0.3, 0.4) is 0 Å². The number of carbonyl (C=O) groups is 1. The van der Waals surface area contributed by atoms with Crippen LogP contribution in [0.15, 0.2) is 0 Å². The Bertz CT molecular complexity index is 338. The summed E-state index contributed by atoms with van der Waals surface area (Å²) in [5.41, 5.74) is -0.582. The van der Waals surface area contributed by atoms with Gasteiger partial charge in [-0.1, -0.05) is 26.7 Å². The summed E-state index contributed by atoms with van der Waals surface area (Å²) < 4.78 is 23.3. The average Bonchev–Trinajstić information content (AvgIpc) is 2.67. The van der Waals surface area contributed by atoms with Gasteiger partial charge in [0.1, 0.15) is 25.7 Å². The minimum atomic E-state index is -0.582. The number of hydrogen-bond acceptors (Lipinski definition) is 5. The van der Waals surface area contributed by atoms with Crippen molar-refractivity contribution in [3.8, 4) is 0 Å². The summed E-state index contributed by atoms with van der Waals surface area (Å²) in [7, 11) is 1.92. The number of unbranched alkanes of at least 4 members (excludes halogenated alkanes) is 2. The van der Waals surface area contributed by atoms with Crippen molar-refractivity contribution in [2.75, 3.05) is 19.8 Å². The molecule has 4 atom stereocenters. The molecule has 6 heteroatoms. The second-order valence-corrected chi connectivity index (χ2v) is 6.26. The van der Waals surface area contributed by atoms with Crippen molar-refractivity contribution in [3.05, 3.63) is 0 Å². The van der Waals surface area contributed by atoms with Crippen molar-refractivity contribution in [2.24, 2.45) is 0 Å². The molecule has 5 nitrogen and oxygen atoms in total. The van der Waals surface area contributed by atoms with Crippen molar-refractivity contribution in [1.29, 1.82) is 0 Å². The zero-order valence-electron chi connectivity index (χ0n) is 14.7. The number of rotatable bonds is 10. The van der Waals surface area contributed by atoms with Crippen LogP contribution < -0.4 is 0 Å². The van der Waals surface area contributed by atoms with Crippen LogP contribution in [0, 0.1) is 0 Å². The minimum Gasteiger partial charge on any atom is -0.458 e. The van der Waals surface area contributed by atoms with Gasteiger partial charge in [0, 0.05) is 20.1 Å². The quantitative estimate of drug-likeness (QED) is 0.349. The van der Waals surface area contributed by atoms with E-state index in [1.165, 1.54) is 6.92 Å². The second-order valence-electron chi connectivity index (χ2n) is 6.26. The van der Waals surface area contributed by atoms with Gasteiger partial charge in [-0.15, -0.1) is 0 Å². The van der Waals surface area contributed by atoms with E-state index in [9.17, 15) is 4.79 Å². The van der Waals surface area contributed by atoms with Gasteiger partial charge < -0.3 is 18.9 Å². The highest BCUT2D eigenvalue weighted by Crippen LogP contribution is 2.34. The molecule has 1 saturated heterocycles. The summed E-state index contributed by atoms with van der Waals surface area (Å²) in [5.74, 6) is -0.305. The van der Waals surface area contributed by atoms with Crippen molar-refractivity contribution < 1.29 is 23.7 Å². The van der Waals surface area contributed by atoms with Crippen LogP contribution in [0.2, 0.25) is 0 Å². The van der Waals surface area contributed by atoms with Crippen LogP contribution in [0.5, 0.6) is 0 Å². The van der Waals surface area contributed by atoms with E-state index >= 15 is 0 Å². The van der Waals surface area contributed by atoms with E-state index in [1.807, 2.05) is 14.8 Å². The van der Waals surface area contributed by atoms with E-state index in [-0.39, 0.29) is 24.2 Å². The van der Waals surface area contributed by atoms with Crippen LogP contribution >= 0.6 is 0 Å². The summed E-state index contributed by atoms with van der Waals surface area (Å²) in [6.45, 7) is 9.45. The molecule has 1 aliphatic rings. The van der Waals surface area contributed by atoms with E-state index in [0.717, 1.165) is 25.7 Å². The number of esters is 1. The molecule has 0 spiro atoms. The maximum absolute atomic E-state index is 11.4. The van der Waals surface area contributed by atoms with Crippen molar-refractivity contribution in [1.82, 2.24) is 0 Å². The van der Waals surface area contributed by atoms with Crippen LogP contribution in [0.1, 0.15) is 53.4 Å². The Labute approximate surface area is 135 Å². The molecule has 0 amide bonds.